The largest absolute Gasteiger partial charge is 0.452 e. The summed E-state index contributed by atoms with van der Waals surface area (Å²) in [7, 11) is 1.46. The van der Waals surface area contributed by atoms with Crippen molar-refractivity contribution in [2.45, 2.75) is 0 Å². The van der Waals surface area contributed by atoms with Crippen molar-refractivity contribution < 1.29 is 14.3 Å². The number of hydrogen-bond acceptors (Lipinski definition) is 4. The maximum atomic E-state index is 11.6. The number of ether oxygens (including phenoxy) is 1. The SMILES string of the molecule is CNC(=O)COC(=O)c1cc(N)ccc1Br. The molecule has 0 unspecified atom stereocenters. The van der Waals surface area contributed by atoms with Crippen molar-refractivity contribution >= 4 is 33.5 Å². The lowest BCUT2D eigenvalue weighted by Crippen LogP contribution is -2.25. The summed E-state index contributed by atoms with van der Waals surface area (Å²) < 4.78 is 5.35. The van der Waals surface area contributed by atoms with E-state index in [1.54, 1.807) is 12.1 Å². The maximum absolute atomic E-state index is 11.6. The van der Waals surface area contributed by atoms with E-state index in [0.717, 1.165) is 0 Å². The van der Waals surface area contributed by atoms with Crippen LogP contribution in [0.15, 0.2) is 22.7 Å². The monoisotopic (exact) mass is 286 g/mol. The molecule has 0 radical (unpaired) electrons. The molecule has 16 heavy (non-hydrogen) atoms. The van der Waals surface area contributed by atoms with Crippen LogP contribution < -0.4 is 11.1 Å². The number of anilines is 1. The van der Waals surface area contributed by atoms with Gasteiger partial charge < -0.3 is 15.8 Å². The molecule has 0 aliphatic carbocycles. The summed E-state index contributed by atoms with van der Waals surface area (Å²) in [6.07, 6.45) is 0. The van der Waals surface area contributed by atoms with E-state index >= 15 is 0 Å². The second kappa shape index (κ2) is 5.50. The van der Waals surface area contributed by atoms with Crippen LogP contribution in [0.4, 0.5) is 5.69 Å². The van der Waals surface area contributed by atoms with Crippen LogP contribution in [0.25, 0.3) is 0 Å². The van der Waals surface area contributed by atoms with Gasteiger partial charge in [0.1, 0.15) is 0 Å². The molecule has 0 aliphatic heterocycles. The van der Waals surface area contributed by atoms with Crippen LogP contribution in [0.1, 0.15) is 10.4 Å². The van der Waals surface area contributed by atoms with Crippen LogP contribution in [-0.4, -0.2) is 25.5 Å². The summed E-state index contributed by atoms with van der Waals surface area (Å²) >= 11 is 3.20. The van der Waals surface area contributed by atoms with E-state index in [1.807, 2.05) is 0 Å². The highest BCUT2D eigenvalue weighted by Crippen LogP contribution is 2.20. The van der Waals surface area contributed by atoms with Crippen LogP contribution in [-0.2, 0) is 9.53 Å². The minimum absolute atomic E-state index is 0.295. The van der Waals surface area contributed by atoms with Crippen molar-refractivity contribution in [2.75, 3.05) is 19.4 Å². The molecule has 0 spiro atoms. The Morgan fingerprint density at radius 1 is 1.50 bits per heavy atom. The van der Waals surface area contributed by atoms with Crippen molar-refractivity contribution in [1.29, 1.82) is 0 Å². The molecular formula is C10H11BrN2O3. The number of esters is 1. The third-order valence-electron chi connectivity index (χ3n) is 1.82. The lowest BCUT2D eigenvalue weighted by Gasteiger charge is -2.06. The molecule has 86 valence electrons. The number of nitrogens with one attached hydrogen (secondary N) is 1. The molecule has 0 aliphatic rings. The molecule has 0 heterocycles. The number of hydrogen-bond donors (Lipinski definition) is 2. The standard InChI is InChI=1S/C10H11BrN2O3/c1-13-9(14)5-16-10(15)7-4-6(12)2-3-8(7)11/h2-4H,5,12H2,1H3,(H,13,14). The minimum Gasteiger partial charge on any atom is -0.452 e. The number of likely N-dealkylation sites (N-methyl/N-ethyl adjacent to an activating group) is 1. The Hall–Kier alpha value is -1.56. The number of nitrogen functional groups attached to an aromatic ring is 1. The second-order valence-electron chi connectivity index (χ2n) is 2.99. The summed E-state index contributed by atoms with van der Waals surface area (Å²) in [6, 6.07) is 4.78. The molecule has 1 amide bonds. The molecule has 1 aromatic carbocycles. The molecule has 0 aromatic heterocycles. The maximum Gasteiger partial charge on any atom is 0.339 e. The number of amides is 1. The molecule has 6 heteroatoms. The number of rotatable bonds is 3. The fraction of sp³-hybridized carbons (Fsp3) is 0.200. The highest BCUT2D eigenvalue weighted by Gasteiger charge is 2.13. The van der Waals surface area contributed by atoms with Crippen molar-refractivity contribution in [3.8, 4) is 0 Å². The van der Waals surface area contributed by atoms with Crippen molar-refractivity contribution in [1.82, 2.24) is 5.32 Å². The fourth-order valence-corrected chi connectivity index (χ4v) is 1.39. The van der Waals surface area contributed by atoms with Crippen LogP contribution >= 0.6 is 15.9 Å². The van der Waals surface area contributed by atoms with Gasteiger partial charge in [0.05, 0.1) is 5.56 Å². The van der Waals surface area contributed by atoms with E-state index in [4.69, 9.17) is 10.5 Å². The summed E-state index contributed by atoms with van der Waals surface area (Å²) in [6.45, 7) is -0.309. The smallest absolute Gasteiger partial charge is 0.339 e. The van der Waals surface area contributed by atoms with Gasteiger partial charge in [-0.15, -0.1) is 0 Å². The number of carbonyl (C=O) groups is 2. The van der Waals surface area contributed by atoms with Crippen molar-refractivity contribution in [3.05, 3.63) is 28.2 Å². The molecule has 0 saturated heterocycles. The Morgan fingerprint density at radius 3 is 2.81 bits per heavy atom. The average molecular weight is 287 g/mol. The Kier molecular flexibility index (Phi) is 4.30. The van der Waals surface area contributed by atoms with Crippen LogP contribution in [0.2, 0.25) is 0 Å². The molecule has 1 rings (SSSR count). The normalized spacial score (nSPS) is 9.62. The van der Waals surface area contributed by atoms with E-state index in [1.165, 1.54) is 13.1 Å². The molecule has 0 saturated carbocycles. The van der Waals surface area contributed by atoms with Crippen LogP contribution in [0.3, 0.4) is 0 Å². The zero-order valence-corrected chi connectivity index (χ0v) is 10.2. The van der Waals surface area contributed by atoms with Gasteiger partial charge in [-0.3, -0.25) is 4.79 Å². The number of benzene rings is 1. The molecule has 0 bridgehead atoms. The van der Waals surface area contributed by atoms with Gasteiger partial charge in [0.2, 0.25) is 0 Å². The molecular weight excluding hydrogens is 276 g/mol. The van der Waals surface area contributed by atoms with Gasteiger partial charge in [-0.25, -0.2) is 4.79 Å². The molecule has 0 atom stereocenters. The van der Waals surface area contributed by atoms with Crippen LogP contribution in [0.5, 0.6) is 0 Å². The zero-order chi connectivity index (χ0) is 12.1. The Labute approximate surface area is 101 Å². The average Bonchev–Trinajstić information content (AvgIpc) is 2.28. The highest BCUT2D eigenvalue weighted by atomic mass is 79.9. The first-order valence-electron chi connectivity index (χ1n) is 4.47. The summed E-state index contributed by atoms with van der Waals surface area (Å²) in [5.74, 6) is -0.962. The van der Waals surface area contributed by atoms with E-state index in [-0.39, 0.29) is 12.5 Å². The van der Waals surface area contributed by atoms with E-state index in [0.29, 0.717) is 15.7 Å². The summed E-state index contributed by atoms with van der Waals surface area (Å²) in [4.78, 5) is 22.4. The Morgan fingerprint density at radius 2 is 2.19 bits per heavy atom. The van der Waals surface area contributed by atoms with E-state index in [9.17, 15) is 9.59 Å². The molecule has 1 aromatic rings. The first-order chi connectivity index (χ1) is 7.54. The third-order valence-corrected chi connectivity index (χ3v) is 2.52. The van der Waals surface area contributed by atoms with Gasteiger partial charge in [-0.2, -0.15) is 0 Å². The zero-order valence-electron chi connectivity index (χ0n) is 8.62. The quantitative estimate of drug-likeness (QED) is 0.640. The minimum atomic E-state index is -0.595. The van der Waals surface area contributed by atoms with Gasteiger partial charge in [0.15, 0.2) is 6.61 Å². The predicted molar refractivity (Wildman–Crippen MR) is 62.9 cm³/mol. The fourth-order valence-electron chi connectivity index (χ4n) is 0.980. The van der Waals surface area contributed by atoms with Gasteiger partial charge in [0, 0.05) is 17.2 Å². The highest BCUT2D eigenvalue weighted by molar-refractivity contribution is 9.10. The Bertz CT molecular complexity index is 421. The van der Waals surface area contributed by atoms with Crippen LogP contribution in [0, 0.1) is 0 Å². The predicted octanol–water partition coefficient (Wildman–Crippen LogP) is 0.934. The van der Waals surface area contributed by atoms with Gasteiger partial charge in [-0.05, 0) is 34.1 Å². The third kappa shape index (κ3) is 3.23. The Balaban J connectivity index is 2.73. The second-order valence-corrected chi connectivity index (χ2v) is 3.84. The van der Waals surface area contributed by atoms with E-state index in [2.05, 4.69) is 21.2 Å². The number of nitrogens with two attached hydrogens (primary N) is 1. The van der Waals surface area contributed by atoms with Gasteiger partial charge in [-0.1, -0.05) is 0 Å². The van der Waals surface area contributed by atoms with Gasteiger partial charge >= 0.3 is 5.97 Å². The van der Waals surface area contributed by atoms with Crippen molar-refractivity contribution in [3.63, 3.8) is 0 Å². The first kappa shape index (κ1) is 12.5. The lowest BCUT2D eigenvalue weighted by molar-refractivity contribution is -0.123. The summed E-state index contributed by atoms with van der Waals surface area (Å²) in [5, 5.41) is 2.35. The number of carbonyl (C=O) groups excluding carboxylic acids is 2. The van der Waals surface area contributed by atoms with Crippen molar-refractivity contribution in [2.24, 2.45) is 0 Å². The first-order valence-corrected chi connectivity index (χ1v) is 5.26. The molecule has 3 N–H and O–H groups in total. The van der Waals surface area contributed by atoms with Gasteiger partial charge in [0.25, 0.3) is 5.91 Å². The summed E-state index contributed by atoms with van der Waals surface area (Å²) in [5.41, 5.74) is 6.29. The molecule has 0 fully saturated rings. The number of halogens is 1. The topological polar surface area (TPSA) is 81.4 Å². The molecule has 5 nitrogen and oxygen atoms in total. The lowest BCUT2D eigenvalue weighted by atomic mass is 10.2. The van der Waals surface area contributed by atoms with E-state index < -0.39 is 5.97 Å².